The van der Waals surface area contributed by atoms with Crippen molar-refractivity contribution in [3.63, 3.8) is 0 Å². The molecule has 0 saturated carbocycles. The zero-order valence-corrected chi connectivity index (χ0v) is 14.0. The van der Waals surface area contributed by atoms with Gasteiger partial charge in [0.05, 0.1) is 28.9 Å². The predicted octanol–water partition coefficient (Wildman–Crippen LogP) is 2.84. The molecule has 0 bridgehead atoms. The van der Waals surface area contributed by atoms with E-state index in [9.17, 15) is 9.18 Å². The van der Waals surface area contributed by atoms with Gasteiger partial charge in [-0.15, -0.1) is 0 Å². The molecule has 1 aliphatic heterocycles. The van der Waals surface area contributed by atoms with E-state index in [1.54, 1.807) is 31.6 Å². The lowest BCUT2D eigenvalue weighted by Crippen LogP contribution is -2.41. The number of nitrogens with zero attached hydrogens (tertiary/aromatic N) is 3. The van der Waals surface area contributed by atoms with Gasteiger partial charge in [-0.2, -0.15) is 5.10 Å². The summed E-state index contributed by atoms with van der Waals surface area (Å²) in [7, 11) is 0. The van der Waals surface area contributed by atoms with Crippen molar-refractivity contribution in [3.8, 4) is 0 Å². The highest BCUT2D eigenvalue weighted by molar-refractivity contribution is 14.1. The second kappa shape index (κ2) is 5.87. The molecule has 2 rings (SSSR count). The maximum absolute atomic E-state index is 13.6. The number of hydrogen-bond acceptors (Lipinski definition) is 3. The Bertz CT molecular complexity index is 486. The minimum absolute atomic E-state index is 0.0952. The molecule has 5 nitrogen and oxygen atoms in total. The smallest absolute Gasteiger partial charge is 0.410 e. The summed E-state index contributed by atoms with van der Waals surface area (Å²) in [6.07, 6.45) is 2.49. The molecule has 2 heterocycles. The molecule has 0 aromatic carbocycles. The van der Waals surface area contributed by atoms with Crippen LogP contribution in [-0.4, -0.2) is 45.1 Å². The molecule has 1 unspecified atom stereocenters. The molecule has 1 amide bonds. The number of aromatic nitrogens is 2. The average Bonchev–Trinajstić information content (AvgIpc) is 2.83. The van der Waals surface area contributed by atoms with E-state index in [4.69, 9.17) is 4.74 Å². The number of ether oxygens (including phenoxy) is 1. The van der Waals surface area contributed by atoms with Gasteiger partial charge in [0, 0.05) is 12.6 Å². The molecule has 1 saturated heterocycles. The summed E-state index contributed by atoms with van der Waals surface area (Å²) in [4.78, 5) is 13.6. The van der Waals surface area contributed by atoms with Gasteiger partial charge in [0.1, 0.15) is 11.8 Å². The maximum atomic E-state index is 13.6. The molecule has 0 aliphatic carbocycles. The summed E-state index contributed by atoms with van der Waals surface area (Å²) in [5.41, 5.74) is -0.572. The van der Waals surface area contributed by atoms with Crippen molar-refractivity contribution in [2.45, 2.75) is 51.6 Å². The fourth-order valence-electron chi connectivity index (χ4n) is 2.23. The summed E-state index contributed by atoms with van der Waals surface area (Å²) in [5.74, 6) is 0. The summed E-state index contributed by atoms with van der Waals surface area (Å²) < 4.78 is 21.7. The average molecular weight is 395 g/mol. The molecule has 0 N–H and O–H groups in total. The first kappa shape index (κ1) is 15.5. The van der Waals surface area contributed by atoms with Crippen LogP contribution in [0.2, 0.25) is 0 Å². The largest absolute Gasteiger partial charge is 0.444 e. The van der Waals surface area contributed by atoms with E-state index in [-0.39, 0.29) is 12.6 Å². The highest BCUT2D eigenvalue weighted by atomic mass is 127. The van der Waals surface area contributed by atoms with E-state index < -0.39 is 17.9 Å². The second-order valence-corrected chi connectivity index (χ2v) is 7.25. The van der Waals surface area contributed by atoms with Crippen LogP contribution in [0.15, 0.2) is 12.4 Å². The van der Waals surface area contributed by atoms with Crippen LogP contribution >= 0.6 is 22.6 Å². The normalized spacial score (nSPS) is 23.1. The number of hydrogen-bond donors (Lipinski definition) is 0. The topological polar surface area (TPSA) is 47.4 Å². The van der Waals surface area contributed by atoms with Gasteiger partial charge in [0.2, 0.25) is 0 Å². The summed E-state index contributed by atoms with van der Waals surface area (Å²) in [5, 5.41) is 4.18. The van der Waals surface area contributed by atoms with Crippen molar-refractivity contribution in [2.75, 3.05) is 6.54 Å². The first-order valence-electron chi connectivity index (χ1n) is 6.56. The Labute approximate surface area is 131 Å². The minimum Gasteiger partial charge on any atom is -0.444 e. The molecule has 0 radical (unpaired) electrons. The van der Waals surface area contributed by atoms with Crippen molar-refractivity contribution < 1.29 is 13.9 Å². The van der Waals surface area contributed by atoms with Gasteiger partial charge >= 0.3 is 6.09 Å². The zero-order chi connectivity index (χ0) is 14.9. The number of carbonyl (C=O) groups is 1. The van der Waals surface area contributed by atoms with Crippen LogP contribution in [0.4, 0.5) is 9.18 Å². The van der Waals surface area contributed by atoms with E-state index in [1.165, 1.54) is 4.90 Å². The van der Waals surface area contributed by atoms with Crippen LogP contribution in [0, 0.1) is 3.57 Å². The van der Waals surface area contributed by atoms with Gasteiger partial charge in [-0.25, -0.2) is 9.18 Å². The quantitative estimate of drug-likeness (QED) is 0.724. The lowest BCUT2D eigenvalue weighted by atomic mass is 10.2. The molecular weight excluding hydrogens is 376 g/mol. The Morgan fingerprint density at radius 2 is 2.30 bits per heavy atom. The second-order valence-electron chi connectivity index (χ2n) is 6.00. The highest BCUT2D eigenvalue weighted by Crippen LogP contribution is 2.24. The summed E-state index contributed by atoms with van der Waals surface area (Å²) in [6.45, 7) is 6.00. The SMILES string of the molecule is CC(C)(C)OC(=O)N1CC(F)C[C@H]1Cn1cc(I)cn1. The fraction of sp³-hybridized carbons (Fsp3) is 0.692. The fourth-order valence-corrected chi connectivity index (χ4v) is 2.68. The number of halogens is 2. The van der Waals surface area contributed by atoms with E-state index in [1.807, 2.05) is 6.20 Å². The van der Waals surface area contributed by atoms with Crippen molar-refractivity contribution in [1.29, 1.82) is 0 Å². The molecule has 1 aromatic heterocycles. The van der Waals surface area contributed by atoms with Crippen LogP contribution in [0.5, 0.6) is 0 Å². The Balaban J connectivity index is 2.04. The third kappa shape index (κ3) is 4.07. The van der Waals surface area contributed by atoms with Gasteiger partial charge in [0.15, 0.2) is 0 Å². The molecule has 1 fully saturated rings. The van der Waals surface area contributed by atoms with Gasteiger partial charge < -0.3 is 9.64 Å². The Morgan fingerprint density at radius 1 is 1.60 bits per heavy atom. The van der Waals surface area contributed by atoms with Gasteiger partial charge in [0.25, 0.3) is 0 Å². The molecule has 1 aromatic rings. The van der Waals surface area contributed by atoms with E-state index in [2.05, 4.69) is 27.7 Å². The van der Waals surface area contributed by atoms with Crippen molar-refractivity contribution in [1.82, 2.24) is 14.7 Å². The number of amides is 1. The van der Waals surface area contributed by atoms with Crippen molar-refractivity contribution >= 4 is 28.7 Å². The lowest BCUT2D eigenvalue weighted by molar-refractivity contribution is 0.0204. The first-order valence-corrected chi connectivity index (χ1v) is 7.64. The lowest BCUT2D eigenvalue weighted by Gasteiger charge is -2.28. The van der Waals surface area contributed by atoms with Gasteiger partial charge in [-0.3, -0.25) is 4.68 Å². The Kier molecular flexibility index (Phi) is 4.55. The predicted molar refractivity (Wildman–Crippen MR) is 81.2 cm³/mol. The van der Waals surface area contributed by atoms with Crippen LogP contribution in [0.25, 0.3) is 0 Å². The highest BCUT2D eigenvalue weighted by Gasteiger charge is 2.37. The van der Waals surface area contributed by atoms with Crippen LogP contribution in [0.3, 0.4) is 0 Å². The summed E-state index contributed by atoms with van der Waals surface area (Å²) >= 11 is 2.17. The molecule has 2 atom stereocenters. The Morgan fingerprint density at radius 3 is 2.85 bits per heavy atom. The number of alkyl halides is 1. The molecule has 1 aliphatic rings. The van der Waals surface area contributed by atoms with Crippen LogP contribution < -0.4 is 0 Å². The maximum Gasteiger partial charge on any atom is 0.410 e. The third-order valence-electron chi connectivity index (χ3n) is 2.99. The van der Waals surface area contributed by atoms with E-state index >= 15 is 0 Å². The molecule has 7 heteroatoms. The minimum atomic E-state index is -0.998. The van der Waals surface area contributed by atoms with E-state index in [0.29, 0.717) is 13.0 Å². The van der Waals surface area contributed by atoms with Crippen LogP contribution in [-0.2, 0) is 11.3 Å². The third-order valence-corrected chi connectivity index (χ3v) is 3.55. The molecule has 0 spiro atoms. The zero-order valence-electron chi connectivity index (χ0n) is 11.8. The van der Waals surface area contributed by atoms with Gasteiger partial charge in [-0.1, -0.05) is 0 Å². The number of carbonyl (C=O) groups excluding carboxylic acids is 1. The molecule has 20 heavy (non-hydrogen) atoms. The summed E-state index contributed by atoms with van der Waals surface area (Å²) in [6, 6.07) is -0.212. The first-order chi connectivity index (χ1) is 9.24. The monoisotopic (exact) mass is 395 g/mol. The molecular formula is C13H19FIN3O2. The van der Waals surface area contributed by atoms with Gasteiger partial charge in [-0.05, 0) is 43.4 Å². The standard InChI is InChI=1S/C13H19FIN3O2/c1-13(2,3)20-12(19)18-6-9(14)4-11(18)8-17-7-10(15)5-16-17/h5,7,9,11H,4,6,8H2,1-3H3/t9?,11-/m0/s1. The Hall–Kier alpha value is -0.860. The van der Waals surface area contributed by atoms with Crippen molar-refractivity contribution in [3.05, 3.63) is 16.0 Å². The van der Waals surface area contributed by atoms with Crippen molar-refractivity contribution in [2.24, 2.45) is 0 Å². The van der Waals surface area contributed by atoms with Crippen LogP contribution in [0.1, 0.15) is 27.2 Å². The number of rotatable bonds is 2. The van der Waals surface area contributed by atoms with E-state index in [0.717, 1.165) is 3.57 Å². The number of likely N-dealkylation sites (tertiary alicyclic amines) is 1. The molecule has 112 valence electrons.